The van der Waals surface area contributed by atoms with Crippen molar-refractivity contribution in [2.24, 2.45) is 0 Å². The first-order valence-corrected chi connectivity index (χ1v) is 5.65. The molecule has 0 aliphatic carbocycles. The minimum atomic E-state index is -4.80. The largest absolute Gasteiger partial charge is 0.573 e. The lowest BCUT2D eigenvalue weighted by Gasteiger charge is -2.15. The molecule has 2 N–H and O–H groups in total. The summed E-state index contributed by atoms with van der Waals surface area (Å²) in [5.74, 6) is -0.413. The highest BCUT2D eigenvalue weighted by molar-refractivity contribution is 6.34. The van der Waals surface area contributed by atoms with E-state index in [1.165, 1.54) is 6.07 Å². The molecule has 0 saturated carbocycles. The molecule has 0 radical (unpaired) electrons. The molecule has 0 spiro atoms. The number of nitrogen functional groups attached to an aromatic ring is 1. The van der Waals surface area contributed by atoms with Gasteiger partial charge in [0, 0.05) is 17.3 Å². The first-order chi connectivity index (χ1) is 8.87. The van der Waals surface area contributed by atoms with Gasteiger partial charge in [-0.1, -0.05) is 41.9 Å². The number of alkyl halides is 3. The Morgan fingerprint density at radius 1 is 1.05 bits per heavy atom. The molecule has 6 heteroatoms. The number of benzene rings is 2. The van der Waals surface area contributed by atoms with Crippen molar-refractivity contribution in [2.45, 2.75) is 6.36 Å². The average molecular weight is 288 g/mol. The van der Waals surface area contributed by atoms with Gasteiger partial charge in [-0.3, -0.25) is 0 Å². The van der Waals surface area contributed by atoms with E-state index >= 15 is 0 Å². The van der Waals surface area contributed by atoms with Crippen molar-refractivity contribution < 1.29 is 17.9 Å². The Morgan fingerprint density at radius 3 is 2.26 bits per heavy atom. The van der Waals surface area contributed by atoms with Gasteiger partial charge in [-0.25, -0.2) is 0 Å². The highest BCUT2D eigenvalue weighted by Crippen LogP contribution is 2.40. The number of hydrogen-bond acceptors (Lipinski definition) is 2. The second-order valence-electron chi connectivity index (χ2n) is 3.79. The lowest BCUT2D eigenvalue weighted by atomic mass is 10.0. The van der Waals surface area contributed by atoms with Gasteiger partial charge in [-0.15, -0.1) is 13.2 Å². The predicted molar refractivity (Wildman–Crippen MR) is 68.0 cm³/mol. The summed E-state index contributed by atoms with van der Waals surface area (Å²) in [6.45, 7) is 0. The number of nitrogens with two attached hydrogens (primary N) is 1. The highest BCUT2D eigenvalue weighted by atomic mass is 35.5. The van der Waals surface area contributed by atoms with E-state index in [1.807, 2.05) is 0 Å². The van der Waals surface area contributed by atoms with Crippen LogP contribution in [0.15, 0.2) is 42.5 Å². The fraction of sp³-hybridized carbons (Fsp3) is 0.0769. The molecule has 0 saturated heterocycles. The second kappa shape index (κ2) is 5.01. The highest BCUT2D eigenvalue weighted by Gasteiger charge is 2.33. The van der Waals surface area contributed by atoms with Crippen LogP contribution in [0.4, 0.5) is 18.9 Å². The van der Waals surface area contributed by atoms with Crippen molar-refractivity contribution in [1.29, 1.82) is 0 Å². The molecule has 2 rings (SSSR count). The van der Waals surface area contributed by atoms with E-state index in [9.17, 15) is 13.2 Å². The van der Waals surface area contributed by atoms with Gasteiger partial charge in [0.05, 0.1) is 5.02 Å². The van der Waals surface area contributed by atoms with E-state index < -0.39 is 12.1 Å². The first-order valence-electron chi connectivity index (χ1n) is 5.27. The van der Waals surface area contributed by atoms with Crippen molar-refractivity contribution >= 4 is 17.3 Å². The Kier molecular flexibility index (Phi) is 3.57. The number of halogens is 4. The molecule has 0 aliphatic heterocycles. The summed E-state index contributed by atoms with van der Waals surface area (Å²) in [7, 11) is 0. The van der Waals surface area contributed by atoms with E-state index in [0.29, 0.717) is 5.56 Å². The third-order valence-corrected chi connectivity index (χ3v) is 2.66. The molecule has 0 heterocycles. The minimum Gasteiger partial charge on any atom is -0.405 e. The van der Waals surface area contributed by atoms with Gasteiger partial charge in [0.2, 0.25) is 0 Å². The van der Waals surface area contributed by atoms with Crippen LogP contribution in [0.3, 0.4) is 0 Å². The fourth-order valence-corrected chi connectivity index (χ4v) is 2.02. The summed E-state index contributed by atoms with van der Waals surface area (Å²) < 4.78 is 41.2. The summed E-state index contributed by atoms with van der Waals surface area (Å²) in [5, 5.41) is 0.102. The van der Waals surface area contributed by atoms with Crippen LogP contribution < -0.4 is 10.5 Å². The Bertz CT molecular complexity index is 584. The quantitative estimate of drug-likeness (QED) is 0.826. The Labute approximate surface area is 112 Å². The monoisotopic (exact) mass is 287 g/mol. The van der Waals surface area contributed by atoms with Crippen LogP contribution in [0.25, 0.3) is 11.1 Å². The number of hydrogen-bond donors (Lipinski definition) is 1. The maximum Gasteiger partial charge on any atom is 0.573 e. The van der Waals surface area contributed by atoms with Gasteiger partial charge in [0.25, 0.3) is 0 Å². The molecule has 0 aliphatic rings. The third-order valence-electron chi connectivity index (χ3n) is 2.36. The molecular formula is C13H9ClF3NO. The van der Waals surface area contributed by atoms with Crippen LogP contribution in [0.2, 0.25) is 5.02 Å². The molecule has 2 aromatic rings. The zero-order valence-corrected chi connectivity index (χ0v) is 10.3. The van der Waals surface area contributed by atoms with Gasteiger partial charge < -0.3 is 10.5 Å². The SMILES string of the molecule is Nc1cc(Cl)c(-c2ccccc2)c(OC(F)(F)F)c1. The molecule has 0 atom stereocenters. The second-order valence-corrected chi connectivity index (χ2v) is 4.20. The lowest BCUT2D eigenvalue weighted by Crippen LogP contribution is -2.17. The van der Waals surface area contributed by atoms with E-state index in [2.05, 4.69) is 4.74 Å². The van der Waals surface area contributed by atoms with Crippen molar-refractivity contribution in [1.82, 2.24) is 0 Å². The Morgan fingerprint density at radius 2 is 1.68 bits per heavy atom. The molecule has 0 unspecified atom stereocenters. The standard InChI is InChI=1S/C13H9ClF3NO/c14-10-6-9(18)7-11(19-13(15,16)17)12(10)8-4-2-1-3-5-8/h1-7H,18H2. The number of rotatable bonds is 2. The van der Waals surface area contributed by atoms with E-state index in [4.69, 9.17) is 17.3 Å². The van der Waals surface area contributed by atoms with Crippen molar-refractivity contribution in [3.8, 4) is 16.9 Å². The molecule has 19 heavy (non-hydrogen) atoms. The zero-order valence-electron chi connectivity index (χ0n) is 9.54. The summed E-state index contributed by atoms with van der Waals surface area (Å²) in [5.41, 5.74) is 6.28. The molecule has 0 bridgehead atoms. The maximum absolute atomic E-state index is 12.4. The molecule has 100 valence electrons. The van der Waals surface area contributed by atoms with E-state index in [-0.39, 0.29) is 16.3 Å². The van der Waals surface area contributed by atoms with Gasteiger partial charge in [0.1, 0.15) is 5.75 Å². The van der Waals surface area contributed by atoms with Gasteiger partial charge in [0.15, 0.2) is 0 Å². The smallest absolute Gasteiger partial charge is 0.405 e. The first kappa shape index (κ1) is 13.5. The van der Waals surface area contributed by atoms with Crippen LogP contribution in [-0.2, 0) is 0 Å². The van der Waals surface area contributed by atoms with Crippen LogP contribution in [0.1, 0.15) is 0 Å². The summed E-state index contributed by atoms with van der Waals surface area (Å²) in [6.07, 6.45) is -4.80. The molecule has 0 aromatic heterocycles. The molecule has 0 fully saturated rings. The normalized spacial score (nSPS) is 11.4. The number of anilines is 1. The molecule has 0 amide bonds. The van der Waals surface area contributed by atoms with Gasteiger partial charge >= 0.3 is 6.36 Å². The molecule has 2 aromatic carbocycles. The summed E-state index contributed by atoms with van der Waals surface area (Å²) >= 11 is 5.97. The van der Waals surface area contributed by atoms with E-state index in [1.54, 1.807) is 30.3 Å². The summed E-state index contributed by atoms with van der Waals surface area (Å²) in [4.78, 5) is 0. The van der Waals surface area contributed by atoms with Crippen molar-refractivity contribution in [3.05, 3.63) is 47.5 Å². The van der Waals surface area contributed by atoms with Crippen LogP contribution in [0, 0.1) is 0 Å². The van der Waals surface area contributed by atoms with Gasteiger partial charge in [-0.05, 0) is 11.6 Å². The Hall–Kier alpha value is -1.88. The van der Waals surface area contributed by atoms with Crippen LogP contribution in [0.5, 0.6) is 5.75 Å². The van der Waals surface area contributed by atoms with Gasteiger partial charge in [-0.2, -0.15) is 0 Å². The van der Waals surface area contributed by atoms with Crippen molar-refractivity contribution in [2.75, 3.05) is 5.73 Å². The van der Waals surface area contributed by atoms with Crippen LogP contribution in [-0.4, -0.2) is 6.36 Å². The minimum absolute atomic E-state index is 0.101. The number of ether oxygens (including phenoxy) is 1. The van der Waals surface area contributed by atoms with Crippen LogP contribution >= 0.6 is 11.6 Å². The van der Waals surface area contributed by atoms with E-state index in [0.717, 1.165) is 6.07 Å². The third kappa shape index (κ3) is 3.32. The lowest BCUT2D eigenvalue weighted by molar-refractivity contribution is -0.274. The molecule has 2 nitrogen and oxygen atoms in total. The fourth-order valence-electron chi connectivity index (χ4n) is 1.69. The average Bonchev–Trinajstić information content (AvgIpc) is 2.27. The predicted octanol–water partition coefficient (Wildman–Crippen LogP) is 4.49. The summed E-state index contributed by atoms with van der Waals surface area (Å²) in [6, 6.07) is 10.9. The zero-order chi connectivity index (χ0) is 14.0. The maximum atomic E-state index is 12.4. The Balaban J connectivity index is 2.59. The molecular weight excluding hydrogens is 279 g/mol. The van der Waals surface area contributed by atoms with Crippen molar-refractivity contribution in [3.63, 3.8) is 0 Å². The topological polar surface area (TPSA) is 35.2 Å².